The molecule has 0 spiro atoms. The van der Waals surface area contributed by atoms with E-state index in [2.05, 4.69) is 15.5 Å². The molecule has 2 heterocycles. The first-order chi connectivity index (χ1) is 11.8. The summed E-state index contributed by atoms with van der Waals surface area (Å²) in [6.45, 7) is 2.05. The summed E-state index contributed by atoms with van der Waals surface area (Å²) in [6, 6.07) is 7.55. The molecule has 0 radical (unpaired) electrons. The number of hydrogen-bond donors (Lipinski definition) is 1. The SMILES string of the molecule is O=C1CSC(=NN=Cc2ccc(OCCC3OCCCO3)cc2)N1. The topological polar surface area (TPSA) is 81.5 Å². The molecule has 2 saturated heterocycles. The van der Waals surface area contributed by atoms with Crippen LogP contribution in [0.2, 0.25) is 0 Å². The number of amides is 1. The molecule has 8 heteroatoms. The van der Waals surface area contributed by atoms with Gasteiger partial charge in [-0.1, -0.05) is 11.8 Å². The zero-order valence-electron chi connectivity index (χ0n) is 13.1. The van der Waals surface area contributed by atoms with Crippen molar-refractivity contribution in [2.45, 2.75) is 19.1 Å². The Balaban J connectivity index is 1.42. The van der Waals surface area contributed by atoms with Gasteiger partial charge in [0.05, 0.1) is 31.8 Å². The second-order valence-corrected chi connectivity index (χ2v) is 6.18. The number of rotatable bonds is 6. The fraction of sp³-hybridized carbons (Fsp3) is 0.438. The van der Waals surface area contributed by atoms with Crippen LogP contribution in [0.3, 0.4) is 0 Å². The molecule has 0 atom stereocenters. The van der Waals surface area contributed by atoms with Gasteiger partial charge in [-0.2, -0.15) is 5.10 Å². The summed E-state index contributed by atoms with van der Waals surface area (Å²) in [5.41, 5.74) is 0.903. The highest BCUT2D eigenvalue weighted by Crippen LogP contribution is 2.14. The highest BCUT2D eigenvalue weighted by Gasteiger charge is 2.16. The number of benzene rings is 1. The molecule has 0 saturated carbocycles. The molecular weight excluding hydrogens is 330 g/mol. The standard InChI is InChI=1S/C16H19N3O4S/c20-14-11-24-16(18-14)19-17-10-12-2-4-13(5-3-12)21-9-6-15-22-7-1-8-23-15/h2-5,10,15H,1,6-9,11H2,(H,18,19,20). The molecule has 3 rings (SSSR count). The lowest BCUT2D eigenvalue weighted by atomic mass is 10.2. The Morgan fingerprint density at radius 1 is 1.29 bits per heavy atom. The molecule has 0 aliphatic carbocycles. The van der Waals surface area contributed by atoms with Gasteiger partial charge >= 0.3 is 0 Å². The van der Waals surface area contributed by atoms with Gasteiger partial charge in [-0.25, -0.2) is 0 Å². The van der Waals surface area contributed by atoms with Gasteiger partial charge in [-0.15, -0.1) is 5.10 Å². The van der Waals surface area contributed by atoms with Gasteiger partial charge in [-0.05, 0) is 36.2 Å². The van der Waals surface area contributed by atoms with E-state index in [0.29, 0.717) is 23.9 Å². The normalized spacial score (nSPS) is 20.7. The van der Waals surface area contributed by atoms with Crippen molar-refractivity contribution in [1.82, 2.24) is 5.32 Å². The summed E-state index contributed by atoms with van der Waals surface area (Å²) in [7, 11) is 0. The summed E-state index contributed by atoms with van der Waals surface area (Å²) in [5, 5.41) is 11.1. The number of hydrogen-bond acceptors (Lipinski definition) is 7. The molecule has 2 fully saturated rings. The number of ether oxygens (including phenoxy) is 3. The van der Waals surface area contributed by atoms with E-state index >= 15 is 0 Å². The Morgan fingerprint density at radius 2 is 2.08 bits per heavy atom. The van der Waals surface area contributed by atoms with Gasteiger partial charge in [-0.3, -0.25) is 4.79 Å². The van der Waals surface area contributed by atoms with Crippen LogP contribution in [-0.2, 0) is 14.3 Å². The molecule has 2 aliphatic rings. The smallest absolute Gasteiger partial charge is 0.236 e. The van der Waals surface area contributed by atoms with Crippen LogP contribution in [0.1, 0.15) is 18.4 Å². The van der Waals surface area contributed by atoms with Crippen molar-refractivity contribution in [1.29, 1.82) is 0 Å². The molecule has 0 unspecified atom stereocenters. The molecule has 0 bridgehead atoms. The number of carbonyl (C=O) groups is 1. The number of carbonyl (C=O) groups excluding carboxylic acids is 1. The van der Waals surface area contributed by atoms with Gasteiger partial charge in [0.1, 0.15) is 5.75 Å². The van der Waals surface area contributed by atoms with Crippen LogP contribution >= 0.6 is 11.8 Å². The lowest BCUT2D eigenvalue weighted by molar-refractivity contribution is -0.183. The molecule has 128 valence electrons. The number of nitrogens with zero attached hydrogens (tertiary/aromatic N) is 2. The zero-order valence-corrected chi connectivity index (χ0v) is 14.0. The van der Waals surface area contributed by atoms with E-state index in [0.717, 1.165) is 30.9 Å². The third kappa shape index (κ3) is 5.33. The largest absolute Gasteiger partial charge is 0.493 e. The van der Waals surface area contributed by atoms with E-state index < -0.39 is 0 Å². The fourth-order valence-corrected chi connectivity index (χ4v) is 2.78. The van der Waals surface area contributed by atoms with E-state index in [-0.39, 0.29) is 12.2 Å². The minimum atomic E-state index is -0.154. The van der Waals surface area contributed by atoms with Crippen LogP contribution in [0.4, 0.5) is 0 Å². The predicted molar refractivity (Wildman–Crippen MR) is 92.5 cm³/mol. The Labute approximate surface area is 144 Å². The molecule has 1 N–H and O–H groups in total. The van der Waals surface area contributed by atoms with Crippen molar-refractivity contribution in [3.8, 4) is 5.75 Å². The van der Waals surface area contributed by atoms with Crippen LogP contribution in [0.15, 0.2) is 34.5 Å². The molecule has 2 aliphatic heterocycles. The molecule has 1 amide bonds. The Morgan fingerprint density at radius 3 is 2.79 bits per heavy atom. The molecule has 7 nitrogen and oxygen atoms in total. The minimum absolute atomic E-state index is 0.0421. The van der Waals surface area contributed by atoms with Gasteiger partial charge in [0, 0.05) is 6.42 Å². The Bertz CT molecular complexity index is 612. The van der Waals surface area contributed by atoms with Crippen LogP contribution in [0.25, 0.3) is 0 Å². The molecule has 0 aromatic heterocycles. The van der Waals surface area contributed by atoms with Crippen LogP contribution in [-0.4, -0.2) is 49.2 Å². The molecular formula is C16H19N3O4S. The van der Waals surface area contributed by atoms with Crippen molar-refractivity contribution in [3.05, 3.63) is 29.8 Å². The number of nitrogens with one attached hydrogen (secondary N) is 1. The molecule has 1 aromatic rings. The molecule has 1 aromatic carbocycles. The lowest BCUT2D eigenvalue weighted by Gasteiger charge is -2.23. The van der Waals surface area contributed by atoms with Crippen LogP contribution in [0.5, 0.6) is 5.75 Å². The van der Waals surface area contributed by atoms with Gasteiger partial charge in [0.2, 0.25) is 5.91 Å². The van der Waals surface area contributed by atoms with E-state index in [1.807, 2.05) is 24.3 Å². The van der Waals surface area contributed by atoms with Gasteiger partial charge in [0.15, 0.2) is 11.5 Å². The first kappa shape index (κ1) is 16.9. The molecule has 24 heavy (non-hydrogen) atoms. The van der Waals surface area contributed by atoms with Crippen molar-refractivity contribution < 1.29 is 19.0 Å². The third-order valence-electron chi connectivity index (χ3n) is 3.34. The fourth-order valence-electron chi connectivity index (χ4n) is 2.15. The van der Waals surface area contributed by atoms with E-state index in [1.54, 1.807) is 6.21 Å². The maximum atomic E-state index is 11.0. The third-order valence-corrected chi connectivity index (χ3v) is 4.20. The first-order valence-corrected chi connectivity index (χ1v) is 8.78. The highest BCUT2D eigenvalue weighted by molar-refractivity contribution is 8.15. The van der Waals surface area contributed by atoms with E-state index in [9.17, 15) is 4.79 Å². The average Bonchev–Trinajstić information content (AvgIpc) is 3.03. The van der Waals surface area contributed by atoms with Crippen molar-refractivity contribution in [2.24, 2.45) is 10.2 Å². The monoisotopic (exact) mass is 349 g/mol. The summed E-state index contributed by atoms with van der Waals surface area (Å²) in [6.07, 6.45) is 3.14. The number of amidine groups is 1. The van der Waals surface area contributed by atoms with E-state index in [4.69, 9.17) is 14.2 Å². The maximum Gasteiger partial charge on any atom is 0.236 e. The van der Waals surface area contributed by atoms with E-state index in [1.165, 1.54) is 11.8 Å². The predicted octanol–water partition coefficient (Wildman–Crippen LogP) is 1.77. The summed E-state index contributed by atoms with van der Waals surface area (Å²) in [5.74, 6) is 1.14. The number of thioether (sulfide) groups is 1. The second-order valence-electron chi connectivity index (χ2n) is 5.22. The van der Waals surface area contributed by atoms with Gasteiger partial charge < -0.3 is 19.5 Å². The highest BCUT2D eigenvalue weighted by atomic mass is 32.2. The van der Waals surface area contributed by atoms with Crippen molar-refractivity contribution in [2.75, 3.05) is 25.6 Å². The maximum absolute atomic E-state index is 11.0. The Hall–Kier alpha value is -1.90. The van der Waals surface area contributed by atoms with Crippen LogP contribution in [0, 0.1) is 0 Å². The lowest BCUT2D eigenvalue weighted by Crippen LogP contribution is -2.26. The zero-order chi connectivity index (χ0) is 16.6. The summed E-state index contributed by atoms with van der Waals surface area (Å²) < 4.78 is 16.6. The average molecular weight is 349 g/mol. The Kier molecular flexibility index (Phi) is 6.22. The summed E-state index contributed by atoms with van der Waals surface area (Å²) >= 11 is 1.34. The minimum Gasteiger partial charge on any atom is -0.493 e. The quantitative estimate of drug-likeness (QED) is 0.625. The second kappa shape index (κ2) is 8.81. The van der Waals surface area contributed by atoms with Crippen LogP contribution < -0.4 is 10.1 Å². The van der Waals surface area contributed by atoms with Gasteiger partial charge in [0.25, 0.3) is 0 Å². The van der Waals surface area contributed by atoms with Crippen molar-refractivity contribution in [3.63, 3.8) is 0 Å². The summed E-state index contributed by atoms with van der Waals surface area (Å²) in [4.78, 5) is 11.0. The van der Waals surface area contributed by atoms with Crippen molar-refractivity contribution >= 4 is 29.1 Å². The first-order valence-electron chi connectivity index (χ1n) is 7.79.